The first-order valence-corrected chi connectivity index (χ1v) is 14.7. The van der Waals surface area contributed by atoms with Crippen LogP contribution in [0.3, 0.4) is 0 Å². The van der Waals surface area contributed by atoms with Crippen LogP contribution in [0.1, 0.15) is 41.6 Å². The van der Waals surface area contributed by atoms with Gasteiger partial charge in [0.15, 0.2) is 0 Å². The summed E-state index contributed by atoms with van der Waals surface area (Å²) in [5, 5.41) is 10.3. The number of hydrogen-bond donors (Lipinski definition) is 1. The fourth-order valence-electron chi connectivity index (χ4n) is 6.12. The van der Waals surface area contributed by atoms with E-state index in [-0.39, 0.29) is 25.6 Å². The zero-order valence-corrected chi connectivity index (χ0v) is 23.1. The highest BCUT2D eigenvalue weighted by atomic mass is 32.2. The van der Waals surface area contributed by atoms with Gasteiger partial charge in [0.1, 0.15) is 11.6 Å². The average molecular weight is 557 g/mol. The third-order valence-corrected chi connectivity index (χ3v) is 9.31. The number of amides is 1. The van der Waals surface area contributed by atoms with E-state index < -0.39 is 33.2 Å². The van der Waals surface area contributed by atoms with Gasteiger partial charge in [0.05, 0.1) is 49.1 Å². The number of aromatic nitrogens is 2. The maximum atomic E-state index is 14.4. The van der Waals surface area contributed by atoms with Crippen molar-refractivity contribution in [1.82, 2.24) is 18.8 Å². The van der Waals surface area contributed by atoms with Crippen molar-refractivity contribution in [3.8, 4) is 11.4 Å². The fourth-order valence-corrected chi connectivity index (χ4v) is 7.00. The highest BCUT2D eigenvalue weighted by Gasteiger charge is 2.57. The molecule has 11 heteroatoms. The number of aryl methyl sites for hydroxylation is 1. The Morgan fingerprint density at radius 3 is 2.59 bits per heavy atom. The Kier molecular flexibility index (Phi) is 7.25. The number of benzene rings is 2. The number of hydrogen-bond acceptors (Lipinski definition) is 6. The van der Waals surface area contributed by atoms with Crippen LogP contribution >= 0.6 is 0 Å². The number of carbonyl (C=O) groups is 1. The molecule has 39 heavy (non-hydrogen) atoms. The van der Waals surface area contributed by atoms with Gasteiger partial charge in [-0.1, -0.05) is 18.2 Å². The first-order valence-electron chi connectivity index (χ1n) is 12.9. The van der Waals surface area contributed by atoms with Crippen molar-refractivity contribution >= 4 is 15.9 Å². The van der Waals surface area contributed by atoms with Crippen LogP contribution in [0.25, 0.3) is 5.69 Å². The summed E-state index contributed by atoms with van der Waals surface area (Å²) in [7, 11) is -2.01. The largest absolute Gasteiger partial charge is 0.495 e. The smallest absolute Gasteiger partial charge is 0.231 e. The molecule has 0 bridgehead atoms. The predicted molar refractivity (Wildman–Crippen MR) is 144 cm³/mol. The van der Waals surface area contributed by atoms with Crippen molar-refractivity contribution < 1.29 is 27.4 Å². The van der Waals surface area contributed by atoms with Gasteiger partial charge in [-0.2, -0.15) is 0 Å². The van der Waals surface area contributed by atoms with E-state index in [4.69, 9.17) is 4.74 Å². The van der Waals surface area contributed by atoms with Gasteiger partial charge in [-0.05, 0) is 55.2 Å². The number of ether oxygens (including phenoxy) is 1. The number of halogens is 1. The molecule has 1 amide bonds. The number of imidazole rings is 1. The lowest BCUT2D eigenvalue weighted by molar-refractivity contribution is -0.150. The van der Waals surface area contributed by atoms with Crippen LogP contribution in [0.4, 0.5) is 4.39 Å². The molecule has 0 radical (unpaired) electrons. The van der Waals surface area contributed by atoms with Crippen LogP contribution in [-0.2, 0) is 14.8 Å². The van der Waals surface area contributed by atoms with Gasteiger partial charge < -0.3 is 19.3 Å². The fraction of sp³-hybridized carbons (Fsp3) is 0.429. The van der Waals surface area contributed by atoms with Crippen molar-refractivity contribution in [2.75, 3.05) is 39.6 Å². The minimum Gasteiger partial charge on any atom is -0.495 e. The quantitative estimate of drug-likeness (QED) is 0.480. The molecule has 5 rings (SSSR count). The minimum atomic E-state index is -3.58. The lowest BCUT2D eigenvalue weighted by atomic mass is 9.68. The summed E-state index contributed by atoms with van der Waals surface area (Å²) in [6.07, 6.45) is 5.88. The number of rotatable bonds is 7. The minimum absolute atomic E-state index is 0.0538. The predicted octanol–water partition coefficient (Wildman–Crippen LogP) is 3.03. The van der Waals surface area contributed by atoms with Gasteiger partial charge in [-0.15, -0.1) is 0 Å². The summed E-state index contributed by atoms with van der Waals surface area (Å²) < 4.78 is 48.0. The molecule has 1 spiro atoms. The second-order valence-corrected chi connectivity index (χ2v) is 12.5. The van der Waals surface area contributed by atoms with E-state index in [0.29, 0.717) is 30.7 Å². The van der Waals surface area contributed by atoms with Crippen LogP contribution in [0.5, 0.6) is 5.75 Å². The number of sulfonamides is 1. The van der Waals surface area contributed by atoms with E-state index in [1.54, 1.807) is 30.5 Å². The van der Waals surface area contributed by atoms with Gasteiger partial charge in [0, 0.05) is 31.7 Å². The van der Waals surface area contributed by atoms with Gasteiger partial charge in [-0.3, -0.25) is 4.79 Å². The van der Waals surface area contributed by atoms with Crippen LogP contribution < -0.4 is 4.74 Å². The van der Waals surface area contributed by atoms with E-state index in [1.165, 1.54) is 16.4 Å². The SMILES string of the molecule is COc1cc(C2CN(S(C)(=O)=O)CC23CCCN([C@@H](CO)c2ccc(F)cc2)C3=O)ccc1-n1cnc(C)c1. The maximum Gasteiger partial charge on any atom is 0.231 e. The van der Waals surface area contributed by atoms with Gasteiger partial charge in [-0.25, -0.2) is 22.1 Å². The van der Waals surface area contributed by atoms with E-state index >= 15 is 0 Å². The number of aliphatic hydroxyl groups is 1. The second kappa shape index (κ2) is 10.4. The molecule has 208 valence electrons. The van der Waals surface area contributed by atoms with Crippen molar-refractivity contribution in [3.63, 3.8) is 0 Å². The molecule has 3 heterocycles. The Balaban J connectivity index is 1.56. The van der Waals surface area contributed by atoms with E-state index in [9.17, 15) is 22.7 Å². The summed E-state index contributed by atoms with van der Waals surface area (Å²) >= 11 is 0. The highest BCUT2D eigenvalue weighted by Crippen LogP contribution is 2.51. The van der Waals surface area contributed by atoms with E-state index in [1.807, 2.05) is 35.9 Å². The number of carbonyl (C=O) groups excluding carboxylic acids is 1. The third-order valence-electron chi connectivity index (χ3n) is 8.09. The first-order chi connectivity index (χ1) is 18.6. The van der Waals surface area contributed by atoms with Crippen molar-refractivity contribution in [2.45, 2.75) is 31.7 Å². The van der Waals surface area contributed by atoms with Crippen LogP contribution in [0.15, 0.2) is 55.0 Å². The Morgan fingerprint density at radius 2 is 1.97 bits per heavy atom. The summed E-state index contributed by atoms with van der Waals surface area (Å²) in [5.41, 5.74) is 2.04. The molecule has 2 saturated heterocycles. The van der Waals surface area contributed by atoms with Crippen molar-refractivity contribution in [3.05, 3.63) is 77.6 Å². The van der Waals surface area contributed by atoms with E-state index in [2.05, 4.69) is 4.98 Å². The molecular formula is C28H33FN4O5S. The number of methoxy groups -OCH3 is 1. The zero-order valence-electron chi connectivity index (χ0n) is 22.2. The zero-order chi connectivity index (χ0) is 27.9. The molecule has 2 unspecified atom stereocenters. The molecule has 2 aromatic carbocycles. The van der Waals surface area contributed by atoms with Crippen molar-refractivity contribution in [2.24, 2.45) is 5.41 Å². The number of likely N-dealkylation sites (tertiary alicyclic amines) is 1. The lowest BCUT2D eigenvalue weighted by Gasteiger charge is -2.45. The highest BCUT2D eigenvalue weighted by molar-refractivity contribution is 7.88. The van der Waals surface area contributed by atoms with Gasteiger partial charge >= 0.3 is 0 Å². The Labute approximate surface area is 227 Å². The average Bonchev–Trinajstić information content (AvgIpc) is 3.52. The third kappa shape index (κ3) is 4.94. The van der Waals surface area contributed by atoms with Gasteiger partial charge in [0.2, 0.25) is 15.9 Å². The Hall–Kier alpha value is -3.28. The molecule has 1 aromatic heterocycles. The molecule has 3 atom stereocenters. The molecular weight excluding hydrogens is 523 g/mol. The molecule has 1 N–H and O–H groups in total. The standard InChI is InChI=1S/C28H33FN4O5S/c1-19-14-31(18-30-19)24-10-7-21(13-26(24)38-2)23-15-32(39(3,36)37)17-28(23)11-4-12-33(27(28)35)25(16-34)20-5-8-22(29)9-6-20/h5-10,13-14,18,23,25,34H,4,11-12,15-17H2,1-3H3/t23?,25-,28?/m0/s1. The number of nitrogens with zero attached hydrogens (tertiary/aromatic N) is 4. The van der Waals surface area contributed by atoms with Gasteiger partial charge in [0.25, 0.3) is 0 Å². The molecule has 9 nitrogen and oxygen atoms in total. The summed E-state index contributed by atoms with van der Waals surface area (Å²) in [6.45, 7) is 2.19. The van der Waals surface area contributed by atoms with Crippen LogP contribution in [0.2, 0.25) is 0 Å². The first kappa shape index (κ1) is 27.3. The lowest BCUT2D eigenvalue weighted by Crippen LogP contribution is -2.53. The summed E-state index contributed by atoms with van der Waals surface area (Å²) in [6, 6.07) is 10.8. The molecule has 0 saturated carbocycles. The Bertz CT molecular complexity index is 1480. The Morgan fingerprint density at radius 1 is 1.23 bits per heavy atom. The summed E-state index contributed by atoms with van der Waals surface area (Å²) in [4.78, 5) is 20.3. The molecule has 2 fully saturated rings. The number of piperidine rings is 1. The van der Waals surface area contributed by atoms with Crippen LogP contribution in [-0.4, -0.2) is 77.8 Å². The maximum absolute atomic E-state index is 14.4. The topological polar surface area (TPSA) is 105 Å². The summed E-state index contributed by atoms with van der Waals surface area (Å²) in [5.74, 6) is -0.457. The molecule has 0 aliphatic carbocycles. The normalized spacial score (nSPS) is 22.9. The number of aliphatic hydroxyl groups excluding tert-OH is 1. The van der Waals surface area contributed by atoms with Crippen molar-refractivity contribution in [1.29, 1.82) is 0 Å². The molecule has 2 aliphatic rings. The molecule has 3 aromatic rings. The monoisotopic (exact) mass is 556 g/mol. The van der Waals surface area contributed by atoms with E-state index in [0.717, 1.165) is 23.2 Å². The molecule has 2 aliphatic heterocycles. The second-order valence-electron chi connectivity index (χ2n) is 10.5. The van der Waals surface area contributed by atoms with Crippen LogP contribution in [0, 0.1) is 18.2 Å².